The molecule has 4 heterocycles. The first kappa shape index (κ1) is 14.9. The zero-order valence-corrected chi connectivity index (χ0v) is 14.3. The molecule has 0 spiro atoms. The number of hydrogen-bond donors (Lipinski definition) is 1. The third kappa shape index (κ3) is 2.48. The van der Waals surface area contributed by atoms with Crippen LogP contribution in [0.3, 0.4) is 0 Å². The Morgan fingerprint density at radius 3 is 2.96 bits per heavy atom. The van der Waals surface area contributed by atoms with Gasteiger partial charge in [0.1, 0.15) is 5.52 Å². The van der Waals surface area contributed by atoms with E-state index in [-0.39, 0.29) is 5.92 Å². The van der Waals surface area contributed by atoms with Crippen molar-refractivity contribution in [3.8, 4) is 0 Å². The number of nitrogens with one attached hydrogen (secondary N) is 1. The summed E-state index contributed by atoms with van der Waals surface area (Å²) >= 11 is 0. The van der Waals surface area contributed by atoms with Crippen LogP contribution in [0.1, 0.15) is 24.1 Å². The molecule has 1 N–H and O–H groups in total. The van der Waals surface area contributed by atoms with E-state index in [0.29, 0.717) is 6.54 Å². The molecule has 1 aliphatic heterocycles. The topological polar surface area (TPSA) is 80.9 Å². The van der Waals surface area contributed by atoms with Gasteiger partial charge in [0, 0.05) is 23.8 Å². The molecule has 3 aromatic heterocycles. The standard InChI is InChI=1S/C19H17N7/c1-12-15(10-21-23-12)17-6-7-18-19(22-17)26(25-24-18)11-13-4-5-16-14(9-13)3-2-8-20-16/h2-9,15,21H,10-11H2,1H3. The maximum absolute atomic E-state index is 4.83. The molecule has 0 saturated heterocycles. The summed E-state index contributed by atoms with van der Waals surface area (Å²) in [4.78, 5) is 9.20. The smallest absolute Gasteiger partial charge is 0.179 e. The average Bonchev–Trinajstić information content (AvgIpc) is 3.27. The molecular weight excluding hydrogens is 326 g/mol. The number of aromatic nitrogens is 5. The zero-order chi connectivity index (χ0) is 17.5. The van der Waals surface area contributed by atoms with Crippen LogP contribution in [0.25, 0.3) is 22.1 Å². The SMILES string of the molecule is CC1=NNCC1c1ccc2nnn(Cc3ccc4ncccc4c3)c2n1. The molecule has 1 unspecified atom stereocenters. The lowest BCUT2D eigenvalue weighted by molar-refractivity contribution is 0.662. The lowest BCUT2D eigenvalue weighted by Gasteiger charge is -2.09. The van der Waals surface area contributed by atoms with Crippen LogP contribution in [-0.4, -0.2) is 37.2 Å². The number of rotatable bonds is 3. The van der Waals surface area contributed by atoms with Crippen molar-refractivity contribution in [2.45, 2.75) is 19.4 Å². The molecule has 0 bridgehead atoms. The van der Waals surface area contributed by atoms with Crippen molar-refractivity contribution in [1.82, 2.24) is 30.4 Å². The van der Waals surface area contributed by atoms with Gasteiger partial charge >= 0.3 is 0 Å². The van der Waals surface area contributed by atoms with Crippen LogP contribution in [0, 0.1) is 0 Å². The molecular formula is C19H17N7. The van der Waals surface area contributed by atoms with Crippen LogP contribution in [0.4, 0.5) is 0 Å². The van der Waals surface area contributed by atoms with Crippen LogP contribution >= 0.6 is 0 Å². The van der Waals surface area contributed by atoms with E-state index in [1.165, 1.54) is 0 Å². The molecule has 1 aromatic carbocycles. The van der Waals surface area contributed by atoms with Gasteiger partial charge in [-0.25, -0.2) is 9.67 Å². The second-order valence-electron chi connectivity index (χ2n) is 6.52. The fourth-order valence-electron chi connectivity index (χ4n) is 3.37. The van der Waals surface area contributed by atoms with Gasteiger partial charge in [-0.15, -0.1) is 5.10 Å². The summed E-state index contributed by atoms with van der Waals surface area (Å²) in [5.41, 5.74) is 8.82. The van der Waals surface area contributed by atoms with Gasteiger partial charge in [-0.3, -0.25) is 4.98 Å². The van der Waals surface area contributed by atoms with Crippen LogP contribution in [0.2, 0.25) is 0 Å². The van der Waals surface area contributed by atoms with E-state index < -0.39 is 0 Å². The number of hydrazone groups is 1. The first-order valence-electron chi connectivity index (χ1n) is 8.59. The van der Waals surface area contributed by atoms with E-state index in [1.807, 2.05) is 42.1 Å². The van der Waals surface area contributed by atoms with Gasteiger partial charge in [0.25, 0.3) is 0 Å². The Hall–Kier alpha value is -3.35. The second-order valence-corrected chi connectivity index (χ2v) is 6.52. The normalized spacial score (nSPS) is 16.8. The molecule has 5 rings (SSSR count). The van der Waals surface area contributed by atoms with Crippen LogP contribution in [0.5, 0.6) is 0 Å². The fourth-order valence-corrected chi connectivity index (χ4v) is 3.37. The molecule has 0 fully saturated rings. The lowest BCUT2D eigenvalue weighted by Crippen LogP contribution is -2.13. The highest BCUT2D eigenvalue weighted by Gasteiger charge is 2.22. The maximum Gasteiger partial charge on any atom is 0.179 e. The fraction of sp³-hybridized carbons (Fsp3) is 0.211. The lowest BCUT2D eigenvalue weighted by atomic mass is 10.0. The summed E-state index contributed by atoms with van der Waals surface area (Å²) < 4.78 is 1.85. The summed E-state index contributed by atoms with van der Waals surface area (Å²) in [6.45, 7) is 3.42. The van der Waals surface area contributed by atoms with Gasteiger partial charge in [0.2, 0.25) is 0 Å². The predicted molar refractivity (Wildman–Crippen MR) is 100 cm³/mol. The van der Waals surface area contributed by atoms with Gasteiger partial charge in [-0.2, -0.15) is 5.10 Å². The largest absolute Gasteiger partial charge is 0.309 e. The Balaban J connectivity index is 1.52. The Labute approximate surface area is 149 Å². The van der Waals surface area contributed by atoms with Crippen molar-refractivity contribution in [3.63, 3.8) is 0 Å². The Morgan fingerprint density at radius 2 is 2.08 bits per heavy atom. The molecule has 128 valence electrons. The van der Waals surface area contributed by atoms with E-state index in [2.05, 4.69) is 44.0 Å². The van der Waals surface area contributed by atoms with E-state index in [1.54, 1.807) is 0 Å². The van der Waals surface area contributed by atoms with Crippen molar-refractivity contribution >= 4 is 27.8 Å². The predicted octanol–water partition coefficient (Wildman–Crippen LogP) is 2.49. The maximum atomic E-state index is 4.83. The molecule has 0 radical (unpaired) electrons. The van der Waals surface area contributed by atoms with Gasteiger partial charge in [0.05, 0.1) is 23.7 Å². The number of benzene rings is 1. The van der Waals surface area contributed by atoms with Crippen molar-refractivity contribution in [1.29, 1.82) is 0 Å². The highest BCUT2D eigenvalue weighted by atomic mass is 15.4. The molecule has 4 aromatic rings. The minimum absolute atomic E-state index is 0.203. The summed E-state index contributed by atoms with van der Waals surface area (Å²) in [5.74, 6) is 0.203. The van der Waals surface area contributed by atoms with Crippen molar-refractivity contribution in [3.05, 3.63) is 59.9 Å². The highest BCUT2D eigenvalue weighted by molar-refractivity contribution is 5.90. The van der Waals surface area contributed by atoms with E-state index in [0.717, 1.165) is 45.6 Å². The number of nitrogens with zero attached hydrogens (tertiary/aromatic N) is 6. The third-order valence-corrected chi connectivity index (χ3v) is 4.79. The Kier molecular flexibility index (Phi) is 3.38. The monoisotopic (exact) mass is 343 g/mol. The first-order chi connectivity index (χ1) is 12.8. The molecule has 7 heteroatoms. The molecule has 1 aliphatic rings. The average molecular weight is 343 g/mol. The minimum Gasteiger partial charge on any atom is -0.309 e. The van der Waals surface area contributed by atoms with Crippen molar-refractivity contribution < 1.29 is 0 Å². The number of fused-ring (bicyclic) bond motifs is 2. The molecule has 0 aliphatic carbocycles. The van der Waals surface area contributed by atoms with Gasteiger partial charge in [-0.05, 0) is 42.8 Å². The summed E-state index contributed by atoms with van der Waals surface area (Å²) in [5, 5.41) is 13.9. The van der Waals surface area contributed by atoms with Crippen molar-refractivity contribution in [2.24, 2.45) is 5.10 Å². The quantitative estimate of drug-likeness (QED) is 0.618. The Bertz CT molecular complexity index is 1150. The molecule has 7 nitrogen and oxygen atoms in total. The second kappa shape index (κ2) is 5.87. The molecule has 1 atom stereocenters. The van der Waals surface area contributed by atoms with Crippen LogP contribution in [-0.2, 0) is 6.54 Å². The number of pyridine rings is 2. The minimum atomic E-state index is 0.203. The van der Waals surface area contributed by atoms with Crippen LogP contribution in [0.15, 0.2) is 53.8 Å². The first-order valence-corrected chi connectivity index (χ1v) is 8.59. The summed E-state index contributed by atoms with van der Waals surface area (Å²) in [6.07, 6.45) is 1.81. The zero-order valence-electron chi connectivity index (χ0n) is 14.3. The third-order valence-electron chi connectivity index (χ3n) is 4.79. The molecule has 0 saturated carbocycles. The number of hydrogen-bond acceptors (Lipinski definition) is 6. The summed E-state index contributed by atoms with van der Waals surface area (Å²) in [6, 6.07) is 14.3. The Morgan fingerprint density at radius 1 is 1.15 bits per heavy atom. The van der Waals surface area contributed by atoms with E-state index in [9.17, 15) is 0 Å². The molecule has 0 amide bonds. The van der Waals surface area contributed by atoms with E-state index in [4.69, 9.17) is 4.98 Å². The van der Waals surface area contributed by atoms with Crippen LogP contribution < -0.4 is 5.43 Å². The summed E-state index contributed by atoms with van der Waals surface area (Å²) in [7, 11) is 0. The van der Waals surface area contributed by atoms with Gasteiger partial charge < -0.3 is 5.43 Å². The molecule has 26 heavy (non-hydrogen) atoms. The van der Waals surface area contributed by atoms with Crippen molar-refractivity contribution in [2.75, 3.05) is 6.54 Å². The van der Waals surface area contributed by atoms with E-state index >= 15 is 0 Å². The highest BCUT2D eigenvalue weighted by Crippen LogP contribution is 2.21. The van der Waals surface area contributed by atoms with Gasteiger partial charge in [0.15, 0.2) is 5.65 Å². The van der Waals surface area contributed by atoms with Gasteiger partial charge in [-0.1, -0.05) is 17.3 Å².